The summed E-state index contributed by atoms with van der Waals surface area (Å²) in [6.07, 6.45) is 5.64. The molecule has 1 aliphatic rings. The molecule has 3 rings (SSSR count). The minimum absolute atomic E-state index is 0.0220. The molecule has 1 fully saturated rings. The van der Waals surface area contributed by atoms with Crippen LogP contribution in [0.5, 0.6) is 0 Å². The van der Waals surface area contributed by atoms with Crippen molar-refractivity contribution in [2.24, 2.45) is 5.92 Å². The maximum absolute atomic E-state index is 12.7. The number of carboxylic acids is 1. The van der Waals surface area contributed by atoms with Gasteiger partial charge in [0.1, 0.15) is 23.9 Å². The molecule has 1 aromatic carbocycles. The summed E-state index contributed by atoms with van der Waals surface area (Å²) in [6.45, 7) is 2.06. The lowest BCUT2D eigenvalue weighted by atomic mass is 9.75. The number of aliphatic carboxylic acids is 1. The Morgan fingerprint density at radius 2 is 2.11 bits per heavy atom. The first kappa shape index (κ1) is 19.5. The van der Waals surface area contributed by atoms with Crippen LogP contribution in [0, 0.1) is 16.0 Å². The average Bonchev–Trinajstić information content (AvgIpc) is 3.22. The molecule has 0 spiro atoms. The molecule has 10 heteroatoms. The topological polar surface area (TPSA) is 140 Å². The summed E-state index contributed by atoms with van der Waals surface area (Å²) in [5.41, 5.74) is -1.48. The first-order chi connectivity index (χ1) is 13.4. The molecule has 10 nitrogen and oxygen atoms in total. The van der Waals surface area contributed by atoms with Gasteiger partial charge in [-0.1, -0.05) is 13.3 Å². The van der Waals surface area contributed by atoms with E-state index in [1.807, 2.05) is 0 Å². The monoisotopic (exact) mass is 387 g/mol. The number of carbonyl (C=O) groups excluding carboxylic acids is 1. The lowest BCUT2D eigenvalue weighted by Gasteiger charge is -2.37. The molecular formula is C18H21N5O5. The van der Waals surface area contributed by atoms with E-state index < -0.39 is 22.3 Å². The first-order valence-corrected chi connectivity index (χ1v) is 9.05. The molecule has 1 aliphatic carbocycles. The van der Waals surface area contributed by atoms with E-state index in [2.05, 4.69) is 22.3 Å². The van der Waals surface area contributed by atoms with Crippen molar-refractivity contribution in [2.75, 3.05) is 0 Å². The number of hydrogen-bond acceptors (Lipinski definition) is 6. The van der Waals surface area contributed by atoms with Gasteiger partial charge in [-0.25, -0.2) is 14.5 Å². The average molecular weight is 387 g/mol. The number of benzene rings is 1. The van der Waals surface area contributed by atoms with Gasteiger partial charge in [-0.05, 0) is 43.7 Å². The summed E-state index contributed by atoms with van der Waals surface area (Å²) >= 11 is 0. The number of rotatable bonds is 6. The fourth-order valence-electron chi connectivity index (χ4n) is 3.60. The van der Waals surface area contributed by atoms with E-state index in [4.69, 9.17) is 0 Å². The van der Waals surface area contributed by atoms with E-state index in [1.54, 1.807) is 0 Å². The fourth-order valence-corrected chi connectivity index (χ4v) is 3.60. The van der Waals surface area contributed by atoms with Gasteiger partial charge in [0.25, 0.3) is 11.6 Å². The molecule has 148 valence electrons. The molecule has 1 heterocycles. The lowest BCUT2D eigenvalue weighted by molar-refractivity contribution is -0.384. The quantitative estimate of drug-likeness (QED) is 0.572. The van der Waals surface area contributed by atoms with Gasteiger partial charge < -0.3 is 10.4 Å². The predicted molar refractivity (Wildman–Crippen MR) is 98.1 cm³/mol. The number of carboxylic acid groups (broad SMARTS) is 1. The zero-order valence-corrected chi connectivity index (χ0v) is 15.4. The Balaban J connectivity index is 1.86. The molecule has 0 atom stereocenters. The van der Waals surface area contributed by atoms with E-state index >= 15 is 0 Å². The zero-order valence-electron chi connectivity index (χ0n) is 15.4. The van der Waals surface area contributed by atoms with Gasteiger partial charge in [-0.3, -0.25) is 14.9 Å². The Kier molecular flexibility index (Phi) is 5.39. The summed E-state index contributed by atoms with van der Waals surface area (Å²) in [4.78, 5) is 39.2. The SMILES string of the molecule is CCC1CCC(NC(=O)c2ccc(-n3cncn3)c([N+](=O)[O-])c2)(C(=O)O)CC1. The highest BCUT2D eigenvalue weighted by Gasteiger charge is 2.43. The molecule has 1 saturated carbocycles. The number of carbonyl (C=O) groups is 2. The van der Waals surface area contributed by atoms with Crippen molar-refractivity contribution in [3.05, 3.63) is 46.5 Å². The van der Waals surface area contributed by atoms with Crippen LogP contribution in [-0.4, -0.2) is 42.2 Å². The van der Waals surface area contributed by atoms with Crippen LogP contribution in [0.25, 0.3) is 5.69 Å². The Bertz CT molecular complexity index is 888. The van der Waals surface area contributed by atoms with Crippen molar-refractivity contribution in [1.82, 2.24) is 20.1 Å². The number of nitrogens with one attached hydrogen (secondary N) is 1. The molecule has 0 unspecified atom stereocenters. The van der Waals surface area contributed by atoms with Crippen LogP contribution in [0.1, 0.15) is 49.4 Å². The number of aromatic nitrogens is 3. The van der Waals surface area contributed by atoms with Gasteiger partial charge in [0.15, 0.2) is 0 Å². The van der Waals surface area contributed by atoms with Crippen molar-refractivity contribution in [2.45, 2.75) is 44.6 Å². The third-order valence-corrected chi connectivity index (χ3v) is 5.40. The van der Waals surface area contributed by atoms with Crippen molar-refractivity contribution in [1.29, 1.82) is 0 Å². The number of hydrogen-bond donors (Lipinski definition) is 2. The van der Waals surface area contributed by atoms with Crippen molar-refractivity contribution < 1.29 is 19.6 Å². The van der Waals surface area contributed by atoms with Gasteiger partial charge in [0, 0.05) is 11.6 Å². The molecule has 0 saturated heterocycles. The summed E-state index contributed by atoms with van der Waals surface area (Å²) < 4.78 is 1.23. The molecular weight excluding hydrogens is 366 g/mol. The smallest absolute Gasteiger partial charge is 0.329 e. The molecule has 0 radical (unpaired) electrons. The molecule has 0 bridgehead atoms. The van der Waals surface area contributed by atoms with Gasteiger partial charge >= 0.3 is 5.97 Å². The lowest BCUT2D eigenvalue weighted by Crippen LogP contribution is -2.56. The summed E-state index contributed by atoms with van der Waals surface area (Å²) in [5.74, 6) is -1.28. The minimum atomic E-state index is -1.35. The highest BCUT2D eigenvalue weighted by Crippen LogP contribution is 2.34. The minimum Gasteiger partial charge on any atom is -0.480 e. The first-order valence-electron chi connectivity index (χ1n) is 9.05. The van der Waals surface area contributed by atoms with E-state index in [-0.39, 0.29) is 16.9 Å². The predicted octanol–water partition coefficient (Wildman–Crippen LogP) is 2.33. The Labute approximate surface area is 160 Å². The number of nitro benzene ring substituents is 1. The van der Waals surface area contributed by atoms with E-state index in [0.717, 1.165) is 12.5 Å². The third-order valence-electron chi connectivity index (χ3n) is 5.40. The van der Waals surface area contributed by atoms with Crippen LogP contribution in [-0.2, 0) is 4.79 Å². The second-order valence-corrected chi connectivity index (χ2v) is 6.99. The molecule has 0 aliphatic heterocycles. The molecule has 2 N–H and O–H groups in total. The molecule has 2 aromatic rings. The van der Waals surface area contributed by atoms with Gasteiger partial charge in [-0.15, -0.1) is 0 Å². The van der Waals surface area contributed by atoms with E-state index in [0.29, 0.717) is 31.6 Å². The van der Waals surface area contributed by atoms with Crippen molar-refractivity contribution >= 4 is 17.6 Å². The molecule has 1 amide bonds. The van der Waals surface area contributed by atoms with Crippen molar-refractivity contribution in [3.63, 3.8) is 0 Å². The second kappa shape index (κ2) is 7.75. The summed E-state index contributed by atoms with van der Waals surface area (Å²) in [5, 5.41) is 27.6. The number of amides is 1. The maximum Gasteiger partial charge on any atom is 0.329 e. The molecule has 28 heavy (non-hydrogen) atoms. The Morgan fingerprint density at radius 3 is 2.64 bits per heavy atom. The van der Waals surface area contributed by atoms with Gasteiger partial charge in [0.2, 0.25) is 0 Å². The largest absolute Gasteiger partial charge is 0.480 e. The van der Waals surface area contributed by atoms with Gasteiger partial charge in [0.05, 0.1) is 4.92 Å². The van der Waals surface area contributed by atoms with E-state index in [1.165, 1.54) is 29.5 Å². The van der Waals surface area contributed by atoms with Crippen LogP contribution >= 0.6 is 0 Å². The molecule has 1 aromatic heterocycles. The summed E-state index contributed by atoms with van der Waals surface area (Å²) in [7, 11) is 0. The highest BCUT2D eigenvalue weighted by atomic mass is 16.6. The van der Waals surface area contributed by atoms with Crippen LogP contribution in [0.3, 0.4) is 0 Å². The maximum atomic E-state index is 12.7. The fraction of sp³-hybridized carbons (Fsp3) is 0.444. The van der Waals surface area contributed by atoms with Crippen LogP contribution in [0.2, 0.25) is 0 Å². The number of nitro groups is 1. The Morgan fingerprint density at radius 1 is 1.39 bits per heavy atom. The summed E-state index contributed by atoms with van der Waals surface area (Å²) in [6, 6.07) is 3.93. The number of nitrogens with zero attached hydrogens (tertiary/aromatic N) is 4. The van der Waals surface area contributed by atoms with E-state index in [9.17, 15) is 24.8 Å². The van der Waals surface area contributed by atoms with Crippen molar-refractivity contribution in [3.8, 4) is 5.69 Å². The normalized spacial score (nSPS) is 21.8. The van der Waals surface area contributed by atoms with Gasteiger partial charge in [-0.2, -0.15) is 5.10 Å². The van der Waals surface area contributed by atoms with Crippen LogP contribution < -0.4 is 5.32 Å². The Hall–Kier alpha value is -3.30. The third kappa shape index (κ3) is 3.71. The second-order valence-electron chi connectivity index (χ2n) is 6.99. The van der Waals surface area contributed by atoms with Crippen LogP contribution in [0.15, 0.2) is 30.9 Å². The van der Waals surface area contributed by atoms with Crippen LogP contribution in [0.4, 0.5) is 5.69 Å². The standard InChI is InChI=1S/C18H21N5O5/c1-2-12-5-7-18(8-6-12,17(25)26)21-16(24)13-3-4-14(15(9-13)23(27)28)22-11-19-10-20-22/h3-4,9-12H,2,5-8H2,1H3,(H,21,24)(H,25,26). The highest BCUT2D eigenvalue weighted by molar-refractivity contribution is 5.98. The zero-order chi connectivity index (χ0) is 20.3.